The molecule has 8 heavy (non-hydrogen) atoms. The molecule has 0 unspecified atom stereocenters. The highest BCUT2D eigenvalue weighted by atomic mass is 15.4. The lowest BCUT2D eigenvalue weighted by molar-refractivity contribution is 0.925. The summed E-state index contributed by atoms with van der Waals surface area (Å²) in [5.41, 5.74) is 0.933. The number of hydrogen-bond acceptors (Lipinski definition) is 2. The van der Waals surface area contributed by atoms with Crippen molar-refractivity contribution in [1.82, 2.24) is 0 Å². The van der Waals surface area contributed by atoms with Crippen LogP contribution in [0.1, 0.15) is 20.8 Å². The number of rotatable bonds is 2. The summed E-state index contributed by atoms with van der Waals surface area (Å²) in [6.07, 6.45) is 0. The molecule has 0 aliphatic carbocycles. The van der Waals surface area contributed by atoms with Crippen LogP contribution in [0.25, 0.3) is 0 Å². The van der Waals surface area contributed by atoms with Crippen LogP contribution in [0.2, 0.25) is 0 Å². The first-order valence-electron chi connectivity index (χ1n) is 2.65. The van der Waals surface area contributed by atoms with Gasteiger partial charge in [-0.2, -0.15) is 5.11 Å². The van der Waals surface area contributed by atoms with E-state index in [1.807, 2.05) is 20.8 Å². The summed E-state index contributed by atoms with van der Waals surface area (Å²) in [7, 11) is 0. The van der Waals surface area contributed by atoms with Gasteiger partial charge in [0.2, 0.25) is 0 Å². The number of hydrogen-bond donors (Lipinski definition) is 0. The zero-order valence-electron chi connectivity index (χ0n) is 5.55. The minimum atomic E-state index is 0.705. The van der Waals surface area contributed by atoms with Crippen molar-refractivity contribution in [3.05, 3.63) is 0 Å². The van der Waals surface area contributed by atoms with E-state index in [9.17, 15) is 0 Å². The van der Waals surface area contributed by atoms with E-state index >= 15 is 0 Å². The quantitative estimate of drug-likeness (QED) is 0.298. The number of nitrogens with zero attached hydrogens (tertiary/aromatic N) is 3. The van der Waals surface area contributed by atoms with Gasteiger partial charge < -0.3 is 0 Å². The van der Waals surface area contributed by atoms with Crippen molar-refractivity contribution in [2.45, 2.75) is 20.8 Å². The van der Waals surface area contributed by atoms with Crippen molar-refractivity contribution >= 4 is 5.71 Å². The van der Waals surface area contributed by atoms with Gasteiger partial charge in [-0.05, 0) is 26.0 Å². The smallest absolute Gasteiger partial charge is 0.0592 e. The van der Waals surface area contributed by atoms with E-state index in [0.717, 1.165) is 5.71 Å². The molecule has 0 saturated carbocycles. The van der Waals surface area contributed by atoms with Crippen molar-refractivity contribution in [2.24, 2.45) is 15.4 Å². The van der Waals surface area contributed by atoms with Crippen molar-refractivity contribution in [3.63, 3.8) is 0 Å². The van der Waals surface area contributed by atoms with E-state index < -0.39 is 0 Å². The minimum Gasteiger partial charge on any atom is -0.169 e. The maximum Gasteiger partial charge on any atom is 0.0592 e. The first-order valence-corrected chi connectivity index (χ1v) is 2.65. The fraction of sp³-hybridized carbons (Fsp3) is 0.800. The van der Waals surface area contributed by atoms with Gasteiger partial charge in [0.15, 0.2) is 0 Å². The maximum atomic E-state index is 3.69. The molecule has 0 aromatic rings. The third kappa shape index (κ3) is 5.27. The topological polar surface area (TPSA) is 37.1 Å². The predicted molar refractivity (Wildman–Crippen MR) is 34.2 cm³/mol. The highest BCUT2D eigenvalue weighted by Gasteiger charge is 1.70. The normalized spacial score (nSPS) is 9.88. The summed E-state index contributed by atoms with van der Waals surface area (Å²) in [6, 6.07) is 0. The van der Waals surface area contributed by atoms with Gasteiger partial charge in [0.1, 0.15) is 0 Å². The minimum absolute atomic E-state index is 0.705. The Hall–Kier alpha value is -0.730. The standard InChI is InChI=1S/C5H11N3/c1-4-6-8-7-5(2)3/h4H2,1-3H3. The molecule has 0 aromatic heterocycles. The second-order valence-electron chi connectivity index (χ2n) is 1.59. The van der Waals surface area contributed by atoms with Gasteiger partial charge in [0.25, 0.3) is 0 Å². The van der Waals surface area contributed by atoms with Crippen LogP contribution >= 0.6 is 0 Å². The molecular formula is C5H11N3. The lowest BCUT2D eigenvalue weighted by Crippen LogP contribution is -1.75. The molecule has 0 aliphatic rings. The molecule has 0 aliphatic heterocycles. The molecule has 3 nitrogen and oxygen atoms in total. The zero-order valence-corrected chi connectivity index (χ0v) is 5.55. The second kappa shape index (κ2) is 4.43. The van der Waals surface area contributed by atoms with Crippen LogP contribution in [-0.4, -0.2) is 12.3 Å². The van der Waals surface area contributed by atoms with Crippen molar-refractivity contribution in [3.8, 4) is 0 Å². The molecular weight excluding hydrogens is 102 g/mol. The maximum absolute atomic E-state index is 3.69. The molecule has 0 atom stereocenters. The van der Waals surface area contributed by atoms with Crippen LogP contribution in [0.5, 0.6) is 0 Å². The second-order valence-corrected chi connectivity index (χ2v) is 1.59. The van der Waals surface area contributed by atoms with Gasteiger partial charge in [-0.1, -0.05) is 0 Å². The highest BCUT2D eigenvalue weighted by Crippen LogP contribution is 1.78. The molecule has 0 bridgehead atoms. The average molecular weight is 113 g/mol. The van der Waals surface area contributed by atoms with Gasteiger partial charge in [0, 0.05) is 5.71 Å². The monoisotopic (exact) mass is 113 g/mol. The van der Waals surface area contributed by atoms with Crippen molar-refractivity contribution < 1.29 is 0 Å². The molecule has 0 spiro atoms. The van der Waals surface area contributed by atoms with Crippen LogP contribution in [0, 0.1) is 0 Å². The Bertz CT molecular complexity index is 100. The summed E-state index contributed by atoms with van der Waals surface area (Å²) in [5.74, 6) is 0. The molecule has 0 radical (unpaired) electrons. The van der Waals surface area contributed by atoms with Crippen LogP contribution in [0.15, 0.2) is 15.4 Å². The van der Waals surface area contributed by atoms with Gasteiger partial charge in [0.05, 0.1) is 6.54 Å². The summed E-state index contributed by atoms with van der Waals surface area (Å²) in [4.78, 5) is 0. The van der Waals surface area contributed by atoms with Crippen LogP contribution in [-0.2, 0) is 0 Å². The first kappa shape index (κ1) is 7.27. The Balaban J connectivity index is 3.42. The molecule has 3 heteroatoms. The van der Waals surface area contributed by atoms with E-state index in [1.54, 1.807) is 0 Å². The van der Waals surface area contributed by atoms with Gasteiger partial charge >= 0.3 is 0 Å². The van der Waals surface area contributed by atoms with E-state index in [-0.39, 0.29) is 0 Å². The first-order chi connectivity index (χ1) is 3.77. The van der Waals surface area contributed by atoms with Crippen LogP contribution in [0.4, 0.5) is 0 Å². The van der Waals surface area contributed by atoms with Gasteiger partial charge in [-0.15, -0.1) is 5.10 Å². The Morgan fingerprint density at radius 1 is 1.38 bits per heavy atom. The molecule has 0 rings (SSSR count). The van der Waals surface area contributed by atoms with E-state index in [2.05, 4.69) is 15.4 Å². The fourth-order valence-corrected chi connectivity index (χ4v) is 0.184. The molecule has 0 heterocycles. The summed E-state index contributed by atoms with van der Waals surface area (Å²) in [6.45, 7) is 6.39. The molecule has 0 amide bonds. The largest absolute Gasteiger partial charge is 0.169 e. The summed E-state index contributed by atoms with van der Waals surface area (Å²) < 4.78 is 0. The lowest BCUT2D eigenvalue weighted by atomic mass is 10.5. The molecule has 0 saturated heterocycles. The SMILES string of the molecule is CCN=NN=C(C)C. The van der Waals surface area contributed by atoms with Crippen molar-refractivity contribution in [1.29, 1.82) is 0 Å². The Morgan fingerprint density at radius 3 is 2.38 bits per heavy atom. The van der Waals surface area contributed by atoms with E-state index in [0.29, 0.717) is 6.54 Å². The molecule has 46 valence electrons. The van der Waals surface area contributed by atoms with E-state index in [1.165, 1.54) is 0 Å². The molecule has 0 aromatic carbocycles. The third-order valence-corrected chi connectivity index (χ3v) is 0.449. The Labute approximate surface area is 49.5 Å². The van der Waals surface area contributed by atoms with Crippen molar-refractivity contribution in [2.75, 3.05) is 6.54 Å². The van der Waals surface area contributed by atoms with Crippen LogP contribution < -0.4 is 0 Å². The fourth-order valence-electron chi connectivity index (χ4n) is 0.184. The lowest BCUT2D eigenvalue weighted by Gasteiger charge is -1.78. The van der Waals surface area contributed by atoms with Gasteiger partial charge in [-0.3, -0.25) is 0 Å². The van der Waals surface area contributed by atoms with E-state index in [4.69, 9.17) is 0 Å². The third-order valence-electron chi connectivity index (χ3n) is 0.449. The van der Waals surface area contributed by atoms with Gasteiger partial charge in [-0.25, -0.2) is 0 Å². The summed E-state index contributed by atoms with van der Waals surface area (Å²) >= 11 is 0. The summed E-state index contributed by atoms with van der Waals surface area (Å²) in [5, 5.41) is 10.8. The molecule has 0 fully saturated rings. The van der Waals surface area contributed by atoms with Crippen LogP contribution in [0.3, 0.4) is 0 Å². The highest BCUT2D eigenvalue weighted by molar-refractivity contribution is 5.78. The molecule has 0 N–H and O–H groups in total. The predicted octanol–water partition coefficient (Wildman–Crippen LogP) is 1.85. The average Bonchev–Trinajstić information content (AvgIpc) is 1.66. The Morgan fingerprint density at radius 2 is 2.00 bits per heavy atom. The Kier molecular flexibility index (Phi) is 4.03. The zero-order chi connectivity index (χ0) is 6.41.